The van der Waals surface area contributed by atoms with Crippen molar-refractivity contribution in [2.45, 2.75) is 38.3 Å². The predicted octanol–water partition coefficient (Wildman–Crippen LogP) is 0.977. The van der Waals surface area contributed by atoms with E-state index in [2.05, 4.69) is 9.88 Å². The fourth-order valence-electron chi connectivity index (χ4n) is 4.19. The van der Waals surface area contributed by atoms with Crippen LogP contribution in [0.5, 0.6) is 0 Å². The van der Waals surface area contributed by atoms with Gasteiger partial charge in [-0.2, -0.15) is 0 Å². The topological polar surface area (TPSA) is 83.0 Å². The fourth-order valence-corrected chi connectivity index (χ4v) is 5.07. The van der Waals surface area contributed by atoms with Crippen LogP contribution in [-0.2, 0) is 14.8 Å². The molecule has 0 saturated carbocycles. The summed E-state index contributed by atoms with van der Waals surface area (Å²) < 4.78 is 31.0. The minimum absolute atomic E-state index is 0.0928. The fraction of sp³-hybridized carbons (Fsp3) is 0.700. The highest BCUT2D eigenvalue weighted by atomic mass is 32.2. The quantitative estimate of drug-likeness (QED) is 0.649. The van der Waals surface area contributed by atoms with Gasteiger partial charge in [0.15, 0.2) is 0 Å². The zero-order valence-corrected chi connectivity index (χ0v) is 18.4. The third-order valence-corrected chi connectivity index (χ3v) is 7.14. The van der Waals surface area contributed by atoms with Gasteiger partial charge in [-0.05, 0) is 38.3 Å². The van der Waals surface area contributed by atoms with Crippen molar-refractivity contribution in [1.29, 1.82) is 0 Å². The van der Waals surface area contributed by atoms with Crippen molar-refractivity contribution in [3.63, 3.8) is 0 Å². The summed E-state index contributed by atoms with van der Waals surface area (Å²) in [5.74, 6) is -0.0928. The van der Waals surface area contributed by atoms with Crippen LogP contribution in [0.15, 0.2) is 18.2 Å². The molecule has 9 heteroatoms. The van der Waals surface area contributed by atoms with E-state index in [9.17, 15) is 13.2 Å². The summed E-state index contributed by atoms with van der Waals surface area (Å²) in [5, 5.41) is 0. The number of aryl methyl sites for hydroxylation is 1. The average molecular weight is 425 g/mol. The monoisotopic (exact) mass is 424 g/mol. The third kappa shape index (κ3) is 5.75. The van der Waals surface area contributed by atoms with E-state index >= 15 is 0 Å². The number of sulfonamides is 1. The Morgan fingerprint density at radius 3 is 2.55 bits per heavy atom. The Labute approximate surface area is 173 Å². The van der Waals surface area contributed by atoms with Crippen molar-refractivity contribution >= 4 is 15.9 Å². The number of pyridine rings is 1. The lowest BCUT2D eigenvalue weighted by molar-refractivity contribution is 0.0157. The maximum atomic E-state index is 12.7. The summed E-state index contributed by atoms with van der Waals surface area (Å²) in [6.45, 7) is 5.69. The molecule has 8 nitrogen and oxygen atoms in total. The molecule has 0 aliphatic carbocycles. The molecule has 2 aliphatic rings. The van der Waals surface area contributed by atoms with Gasteiger partial charge in [0.2, 0.25) is 10.0 Å². The second-order valence-electron chi connectivity index (χ2n) is 8.04. The van der Waals surface area contributed by atoms with Crippen molar-refractivity contribution in [2.24, 2.45) is 0 Å². The first kappa shape index (κ1) is 22.1. The number of likely N-dealkylation sites (N-methyl/N-ethyl adjacent to an activating group) is 1. The minimum atomic E-state index is -3.18. The lowest BCUT2D eigenvalue weighted by atomic mass is 10.0. The smallest absolute Gasteiger partial charge is 0.272 e. The van der Waals surface area contributed by atoms with Gasteiger partial charge in [0.25, 0.3) is 5.91 Å². The predicted molar refractivity (Wildman–Crippen MR) is 111 cm³/mol. The van der Waals surface area contributed by atoms with E-state index in [1.54, 1.807) is 22.3 Å². The molecule has 0 bridgehead atoms. The molecule has 2 fully saturated rings. The highest BCUT2D eigenvalue weighted by Crippen LogP contribution is 2.24. The zero-order chi connectivity index (χ0) is 21.0. The number of rotatable bonds is 7. The SMILES string of the molecule is Cc1cccc(C(=O)N(C)CCN(C2CCOCC2)C2CCN(S(C)(=O)=O)C2)n1. The summed E-state index contributed by atoms with van der Waals surface area (Å²) >= 11 is 0. The van der Waals surface area contributed by atoms with E-state index in [0.717, 1.165) is 38.2 Å². The first-order chi connectivity index (χ1) is 13.8. The van der Waals surface area contributed by atoms with Crippen LogP contribution in [-0.4, -0.2) is 98.2 Å². The van der Waals surface area contributed by atoms with Crippen LogP contribution < -0.4 is 0 Å². The van der Waals surface area contributed by atoms with Crippen molar-refractivity contribution in [3.8, 4) is 0 Å². The van der Waals surface area contributed by atoms with E-state index in [0.29, 0.717) is 37.9 Å². The van der Waals surface area contributed by atoms with Crippen molar-refractivity contribution in [3.05, 3.63) is 29.6 Å². The van der Waals surface area contributed by atoms with Gasteiger partial charge in [-0.3, -0.25) is 9.69 Å². The van der Waals surface area contributed by atoms with Crippen LogP contribution >= 0.6 is 0 Å². The molecular weight excluding hydrogens is 392 g/mol. The van der Waals surface area contributed by atoms with Gasteiger partial charge in [-0.15, -0.1) is 0 Å². The highest BCUT2D eigenvalue weighted by molar-refractivity contribution is 7.88. The molecule has 1 aromatic heterocycles. The summed E-state index contributed by atoms with van der Waals surface area (Å²) in [4.78, 5) is 21.2. The Morgan fingerprint density at radius 2 is 1.93 bits per heavy atom. The molecule has 1 aromatic rings. The third-order valence-electron chi connectivity index (χ3n) is 5.87. The summed E-state index contributed by atoms with van der Waals surface area (Å²) in [6, 6.07) is 5.98. The Kier molecular flexibility index (Phi) is 7.26. The summed E-state index contributed by atoms with van der Waals surface area (Å²) in [5.41, 5.74) is 1.27. The normalized spacial score (nSPS) is 21.6. The Hall–Kier alpha value is -1.55. The number of nitrogens with zero attached hydrogens (tertiary/aromatic N) is 4. The molecule has 0 aromatic carbocycles. The minimum Gasteiger partial charge on any atom is -0.381 e. The molecule has 1 atom stereocenters. The van der Waals surface area contributed by atoms with Crippen LogP contribution in [0, 0.1) is 6.92 Å². The van der Waals surface area contributed by atoms with Gasteiger partial charge in [0.05, 0.1) is 6.26 Å². The van der Waals surface area contributed by atoms with Gasteiger partial charge in [0, 0.05) is 64.2 Å². The highest BCUT2D eigenvalue weighted by Gasteiger charge is 2.36. The zero-order valence-electron chi connectivity index (χ0n) is 17.6. The molecule has 162 valence electrons. The van der Waals surface area contributed by atoms with Crippen LogP contribution in [0.4, 0.5) is 0 Å². The number of ether oxygens (including phenoxy) is 1. The van der Waals surface area contributed by atoms with E-state index in [1.807, 2.05) is 19.1 Å². The molecule has 0 radical (unpaired) electrons. The average Bonchev–Trinajstić information content (AvgIpc) is 3.19. The Morgan fingerprint density at radius 1 is 1.21 bits per heavy atom. The maximum Gasteiger partial charge on any atom is 0.272 e. The molecule has 1 unspecified atom stereocenters. The lowest BCUT2D eigenvalue weighted by Crippen LogP contribution is -2.50. The van der Waals surface area contributed by atoms with Gasteiger partial charge in [-0.25, -0.2) is 17.7 Å². The van der Waals surface area contributed by atoms with Gasteiger partial charge in [0.1, 0.15) is 5.69 Å². The second-order valence-corrected chi connectivity index (χ2v) is 10.0. The summed E-state index contributed by atoms with van der Waals surface area (Å²) in [7, 11) is -1.38. The van der Waals surface area contributed by atoms with Crippen LogP contribution in [0.25, 0.3) is 0 Å². The van der Waals surface area contributed by atoms with Gasteiger partial charge < -0.3 is 9.64 Å². The first-order valence-electron chi connectivity index (χ1n) is 10.2. The van der Waals surface area contributed by atoms with Crippen LogP contribution in [0.1, 0.15) is 35.4 Å². The van der Waals surface area contributed by atoms with Crippen molar-refractivity contribution in [2.75, 3.05) is 52.7 Å². The molecule has 3 rings (SSSR count). The number of aromatic nitrogens is 1. The van der Waals surface area contributed by atoms with Crippen molar-refractivity contribution < 1.29 is 17.9 Å². The molecule has 3 heterocycles. The molecule has 1 amide bonds. The van der Waals surface area contributed by atoms with E-state index < -0.39 is 10.0 Å². The largest absolute Gasteiger partial charge is 0.381 e. The Bertz CT molecular complexity index is 810. The number of amides is 1. The van der Waals surface area contributed by atoms with E-state index in [4.69, 9.17) is 4.74 Å². The first-order valence-corrected chi connectivity index (χ1v) is 12.1. The van der Waals surface area contributed by atoms with E-state index in [1.165, 1.54) is 6.26 Å². The molecule has 0 N–H and O–H groups in total. The van der Waals surface area contributed by atoms with Crippen molar-refractivity contribution in [1.82, 2.24) is 19.1 Å². The van der Waals surface area contributed by atoms with Gasteiger partial charge in [-0.1, -0.05) is 6.07 Å². The molecule has 29 heavy (non-hydrogen) atoms. The number of hydrogen-bond acceptors (Lipinski definition) is 6. The van der Waals surface area contributed by atoms with Gasteiger partial charge >= 0.3 is 0 Å². The Balaban J connectivity index is 1.66. The standard InChI is InChI=1S/C20H32N4O4S/c1-16-5-4-6-19(21-16)20(25)22(2)11-12-24(17-8-13-28-14-9-17)18-7-10-23(15-18)29(3,26)27/h4-6,17-18H,7-15H2,1-3H3. The number of carbonyl (C=O) groups is 1. The number of carbonyl (C=O) groups excluding carboxylic acids is 1. The number of hydrogen-bond donors (Lipinski definition) is 0. The molecular formula is C20H32N4O4S. The lowest BCUT2D eigenvalue weighted by Gasteiger charge is -2.39. The van der Waals surface area contributed by atoms with E-state index in [-0.39, 0.29) is 11.9 Å². The second kappa shape index (κ2) is 9.51. The maximum absolute atomic E-state index is 12.7. The molecule has 2 saturated heterocycles. The van der Waals surface area contributed by atoms with Crippen LogP contribution in [0.2, 0.25) is 0 Å². The summed E-state index contributed by atoms with van der Waals surface area (Å²) in [6.07, 6.45) is 3.97. The van der Waals surface area contributed by atoms with Crippen LogP contribution in [0.3, 0.4) is 0 Å². The molecule has 0 spiro atoms. The molecule has 2 aliphatic heterocycles.